The number of hydrogen-bond donors (Lipinski definition) is 1. The fourth-order valence-electron chi connectivity index (χ4n) is 2.30. The van der Waals surface area contributed by atoms with Crippen LogP contribution < -0.4 is 5.32 Å². The molecule has 1 heterocycles. The van der Waals surface area contributed by atoms with E-state index in [0.717, 1.165) is 18.1 Å². The Kier molecular flexibility index (Phi) is 2.73. The minimum atomic E-state index is 0.614. The Bertz CT molecular complexity index is 489. The van der Waals surface area contributed by atoms with Gasteiger partial charge in [0.05, 0.1) is 6.54 Å². The molecule has 88 valence electrons. The van der Waals surface area contributed by atoms with Gasteiger partial charge < -0.3 is 9.73 Å². The van der Waals surface area contributed by atoms with Crippen molar-refractivity contribution in [3.8, 4) is 0 Å². The summed E-state index contributed by atoms with van der Waals surface area (Å²) in [5.41, 5.74) is 1.45. The number of hydrogen-bond acceptors (Lipinski definition) is 2. The molecule has 1 aromatic heterocycles. The molecule has 0 saturated heterocycles. The van der Waals surface area contributed by atoms with Gasteiger partial charge in [0.25, 0.3) is 0 Å². The largest absolute Gasteiger partial charge is 0.465 e. The molecule has 2 unspecified atom stereocenters. The van der Waals surface area contributed by atoms with Crippen molar-refractivity contribution in [1.29, 1.82) is 0 Å². The summed E-state index contributed by atoms with van der Waals surface area (Å²) in [5, 5.41) is 3.54. The molecule has 1 N–H and O–H groups in total. The highest BCUT2D eigenvalue weighted by Gasteiger charge is 2.37. The van der Waals surface area contributed by atoms with E-state index in [1.807, 2.05) is 19.1 Å². The minimum absolute atomic E-state index is 0.614. The molecule has 2 nitrogen and oxygen atoms in total. The maximum absolute atomic E-state index is 5.54. The molecule has 2 heteroatoms. The van der Waals surface area contributed by atoms with Crippen LogP contribution in [0.3, 0.4) is 0 Å². The molecular weight excluding hydrogens is 210 g/mol. The third-order valence-electron chi connectivity index (χ3n) is 3.35. The van der Waals surface area contributed by atoms with Crippen LogP contribution in [-0.2, 0) is 6.54 Å². The van der Waals surface area contributed by atoms with E-state index in [1.165, 1.54) is 12.0 Å². The zero-order chi connectivity index (χ0) is 11.7. The van der Waals surface area contributed by atoms with Gasteiger partial charge in [-0.05, 0) is 31.0 Å². The van der Waals surface area contributed by atoms with Crippen LogP contribution in [0.25, 0.3) is 0 Å². The van der Waals surface area contributed by atoms with Crippen LogP contribution in [0, 0.1) is 6.92 Å². The molecule has 1 aliphatic carbocycles. The van der Waals surface area contributed by atoms with E-state index >= 15 is 0 Å². The minimum Gasteiger partial charge on any atom is -0.465 e. The summed E-state index contributed by atoms with van der Waals surface area (Å²) < 4.78 is 5.54. The van der Waals surface area contributed by atoms with Gasteiger partial charge in [-0.3, -0.25) is 0 Å². The Balaban J connectivity index is 1.53. The maximum Gasteiger partial charge on any atom is 0.117 e. The quantitative estimate of drug-likeness (QED) is 0.867. The first-order chi connectivity index (χ1) is 8.33. The third-order valence-corrected chi connectivity index (χ3v) is 3.35. The van der Waals surface area contributed by atoms with E-state index in [4.69, 9.17) is 4.42 Å². The lowest BCUT2D eigenvalue weighted by Crippen LogP contribution is -2.16. The summed E-state index contributed by atoms with van der Waals surface area (Å²) in [4.78, 5) is 0. The summed E-state index contributed by atoms with van der Waals surface area (Å²) in [6.07, 6.45) is 1.24. The predicted molar refractivity (Wildman–Crippen MR) is 67.9 cm³/mol. The second kappa shape index (κ2) is 4.38. The van der Waals surface area contributed by atoms with Gasteiger partial charge in [-0.15, -0.1) is 0 Å². The van der Waals surface area contributed by atoms with Crippen molar-refractivity contribution in [2.75, 3.05) is 0 Å². The topological polar surface area (TPSA) is 25.2 Å². The van der Waals surface area contributed by atoms with Gasteiger partial charge in [-0.25, -0.2) is 0 Å². The molecule has 0 aliphatic heterocycles. The normalized spacial score (nSPS) is 22.6. The smallest absolute Gasteiger partial charge is 0.117 e. The molecule has 3 rings (SSSR count). The highest BCUT2D eigenvalue weighted by molar-refractivity contribution is 5.27. The lowest BCUT2D eigenvalue weighted by Gasteiger charge is -2.02. The summed E-state index contributed by atoms with van der Waals surface area (Å²) in [6, 6.07) is 15.4. The van der Waals surface area contributed by atoms with Gasteiger partial charge in [-0.1, -0.05) is 30.3 Å². The number of rotatable bonds is 4. The molecule has 0 radical (unpaired) electrons. The van der Waals surface area contributed by atoms with E-state index in [1.54, 1.807) is 0 Å². The Morgan fingerprint density at radius 2 is 2.00 bits per heavy atom. The van der Waals surface area contributed by atoms with E-state index in [9.17, 15) is 0 Å². The molecule has 1 fully saturated rings. The molecule has 0 amide bonds. The number of nitrogens with one attached hydrogen (secondary N) is 1. The van der Waals surface area contributed by atoms with Gasteiger partial charge >= 0.3 is 0 Å². The van der Waals surface area contributed by atoms with Crippen molar-refractivity contribution in [2.45, 2.75) is 31.8 Å². The average Bonchev–Trinajstić information content (AvgIpc) is 3.03. The van der Waals surface area contributed by atoms with Crippen molar-refractivity contribution in [1.82, 2.24) is 5.32 Å². The van der Waals surface area contributed by atoms with E-state index in [-0.39, 0.29) is 0 Å². The SMILES string of the molecule is Cc1ccc(CNC2CC2c2ccccc2)o1. The standard InChI is InChI=1S/C15H17NO/c1-11-7-8-13(17-11)10-16-15-9-14(15)12-5-3-2-4-6-12/h2-8,14-16H,9-10H2,1H3. The second-order valence-electron chi connectivity index (χ2n) is 4.75. The Morgan fingerprint density at radius 3 is 2.71 bits per heavy atom. The summed E-state index contributed by atoms with van der Waals surface area (Å²) >= 11 is 0. The van der Waals surface area contributed by atoms with Crippen molar-refractivity contribution < 1.29 is 4.42 Å². The molecule has 1 aliphatic rings. The Morgan fingerprint density at radius 1 is 1.18 bits per heavy atom. The Hall–Kier alpha value is -1.54. The van der Waals surface area contributed by atoms with Gasteiger partial charge in [0, 0.05) is 12.0 Å². The van der Waals surface area contributed by atoms with Crippen molar-refractivity contribution in [3.05, 3.63) is 59.5 Å². The zero-order valence-electron chi connectivity index (χ0n) is 10.0. The Labute approximate surface area is 102 Å². The van der Waals surface area contributed by atoms with Crippen LogP contribution in [0.4, 0.5) is 0 Å². The van der Waals surface area contributed by atoms with Gasteiger partial charge in [0.1, 0.15) is 11.5 Å². The van der Waals surface area contributed by atoms with Crippen molar-refractivity contribution >= 4 is 0 Å². The summed E-state index contributed by atoms with van der Waals surface area (Å²) in [7, 11) is 0. The molecule has 17 heavy (non-hydrogen) atoms. The first-order valence-electron chi connectivity index (χ1n) is 6.16. The number of furan rings is 1. The van der Waals surface area contributed by atoms with Crippen LogP contribution in [0.5, 0.6) is 0 Å². The summed E-state index contributed by atoms with van der Waals surface area (Å²) in [6.45, 7) is 2.81. The van der Waals surface area contributed by atoms with Crippen LogP contribution in [0.1, 0.15) is 29.4 Å². The van der Waals surface area contributed by atoms with E-state index < -0.39 is 0 Å². The molecule has 2 atom stereocenters. The molecule has 1 aromatic carbocycles. The zero-order valence-corrected chi connectivity index (χ0v) is 10.0. The van der Waals surface area contributed by atoms with Crippen LogP contribution in [0.2, 0.25) is 0 Å². The maximum atomic E-state index is 5.54. The lowest BCUT2D eigenvalue weighted by molar-refractivity contribution is 0.460. The molecule has 0 spiro atoms. The van der Waals surface area contributed by atoms with Crippen molar-refractivity contribution in [3.63, 3.8) is 0 Å². The van der Waals surface area contributed by atoms with Crippen LogP contribution >= 0.6 is 0 Å². The predicted octanol–water partition coefficient (Wildman–Crippen LogP) is 3.23. The lowest BCUT2D eigenvalue weighted by atomic mass is 10.1. The number of aryl methyl sites for hydroxylation is 1. The molecule has 1 saturated carbocycles. The average molecular weight is 227 g/mol. The fourth-order valence-corrected chi connectivity index (χ4v) is 2.30. The van der Waals surface area contributed by atoms with Gasteiger partial charge in [-0.2, -0.15) is 0 Å². The highest BCUT2D eigenvalue weighted by atomic mass is 16.3. The van der Waals surface area contributed by atoms with Crippen LogP contribution in [0.15, 0.2) is 46.9 Å². The molecule has 0 bridgehead atoms. The van der Waals surface area contributed by atoms with Gasteiger partial charge in [0.2, 0.25) is 0 Å². The van der Waals surface area contributed by atoms with E-state index in [2.05, 4.69) is 35.6 Å². The first kappa shape index (κ1) is 10.6. The monoisotopic (exact) mass is 227 g/mol. The molecule has 2 aromatic rings. The number of benzene rings is 1. The van der Waals surface area contributed by atoms with Gasteiger partial charge in [0.15, 0.2) is 0 Å². The van der Waals surface area contributed by atoms with Crippen molar-refractivity contribution in [2.24, 2.45) is 0 Å². The first-order valence-corrected chi connectivity index (χ1v) is 6.16. The highest BCUT2D eigenvalue weighted by Crippen LogP contribution is 2.40. The molecular formula is C15H17NO. The van der Waals surface area contributed by atoms with Crippen LogP contribution in [-0.4, -0.2) is 6.04 Å². The summed E-state index contributed by atoms with van der Waals surface area (Å²) in [5.74, 6) is 2.70. The third kappa shape index (κ3) is 2.42. The fraction of sp³-hybridized carbons (Fsp3) is 0.333. The van der Waals surface area contributed by atoms with E-state index in [0.29, 0.717) is 12.0 Å². The second-order valence-corrected chi connectivity index (χ2v) is 4.75.